The molecule has 0 atom stereocenters. The molecule has 0 fully saturated rings. The molecule has 0 unspecified atom stereocenters. The van der Waals surface area contributed by atoms with Crippen molar-refractivity contribution >= 4 is 39.7 Å². The molecule has 1 heterocycles. The molecule has 1 aromatic rings. The number of rotatable bonds is 3. The predicted octanol–water partition coefficient (Wildman–Crippen LogP) is 0.583. The molecule has 98 valence electrons. The Kier molecular flexibility index (Phi) is 3.11. The molecule has 19 heavy (non-hydrogen) atoms. The second-order valence-corrected chi connectivity index (χ2v) is 4.66. The second kappa shape index (κ2) is 4.47. The summed E-state index contributed by atoms with van der Waals surface area (Å²) in [7, 11) is 0. The molecule has 0 spiro atoms. The molecule has 8 heteroatoms. The van der Waals surface area contributed by atoms with Crippen LogP contribution in [0.3, 0.4) is 0 Å². The molecule has 2 N–H and O–H groups in total. The van der Waals surface area contributed by atoms with Crippen molar-refractivity contribution in [3.8, 4) is 0 Å². The molecule has 2 rings (SSSR count). The molecule has 0 saturated carbocycles. The van der Waals surface area contributed by atoms with Gasteiger partial charge in [0.2, 0.25) is 6.04 Å². The fourth-order valence-electron chi connectivity index (χ4n) is 1.79. The lowest BCUT2D eigenvalue weighted by Crippen LogP contribution is -2.49. The summed E-state index contributed by atoms with van der Waals surface area (Å²) in [6, 6.07) is 1.95. The number of amides is 2. The number of nitrogens with zero attached hydrogens (tertiary/aromatic N) is 1. The van der Waals surface area contributed by atoms with E-state index in [-0.39, 0.29) is 16.0 Å². The summed E-state index contributed by atoms with van der Waals surface area (Å²) in [5.41, 5.74) is -0.0347. The Labute approximate surface area is 114 Å². The number of halogens is 1. The number of imide groups is 1. The summed E-state index contributed by atoms with van der Waals surface area (Å²) < 4.78 is 0.524. The molecular formula is C11H6BrNO6. The van der Waals surface area contributed by atoms with Crippen LogP contribution in [0.25, 0.3) is 0 Å². The third-order valence-electron chi connectivity index (χ3n) is 2.61. The van der Waals surface area contributed by atoms with Gasteiger partial charge in [-0.15, -0.1) is 0 Å². The number of carboxylic acid groups (broad SMARTS) is 2. The second-order valence-electron chi connectivity index (χ2n) is 3.75. The monoisotopic (exact) mass is 327 g/mol. The van der Waals surface area contributed by atoms with E-state index < -0.39 is 29.8 Å². The molecule has 0 radical (unpaired) electrons. The number of hydrogen-bond acceptors (Lipinski definition) is 4. The fraction of sp³-hybridized carbons (Fsp3) is 0.0909. The number of carboxylic acids is 2. The van der Waals surface area contributed by atoms with Gasteiger partial charge in [0.25, 0.3) is 11.8 Å². The average molecular weight is 328 g/mol. The van der Waals surface area contributed by atoms with Crippen molar-refractivity contribution < 1.29 is 29.4 Å². The Morgan fingerprint density at radius 2 is 1.58 bits per heavy atom. The average Bonchev–Trinajstić information content (AvgIpc) is 2.53. The van der Waals surface area contributed by atoms with E-state index >= 15 is 0 Å². The van der Waals surface area contributed by atoms with Crippen molar-refractivity contribution in [2.75, 3.05) is 0 Å². The summed E-state index contributed by atoms with van der Waals surface area (Å²) >= 11 is 3.11. The van der Waals surface area contributed by atoms with Crippen molar-refractivity contribution in [2.24, 2.45) is 0 Å². The minimum absolute atomic E-state index is 0.0132. The first-order valence-electron chi connectivity index (χ1n) is 4.97. The van der Waals surface area contributed by atoms with E-state index in [0.29, 0.717) is 4.47 Å². The van der Waals surface area contributed by atoms with Crippen molar-refractivity contribution in [1.29, 1.82) is 0 Å². The van der Waals surface area contributed by atoms with E-state index in [4.69, 9.17) is 10.2 Å². The highest BCUT2D eigenvalue weighted by atomic mass is 79.9. The van der Waals surface area contributed by atoms with Gasteiger partial charge in [0.05, 0.1) is 11.1 Å². The van der Waals surface area contributed by atoms with Crippen LogP contribution in [0, 0.1) is 0 Å². The first kappa shape index (κ1) is 13.2. The first-order chi connectivity index (χ1) is 8.84. The molecule has 1 aliphatic rings. The maximum Gasteiger partial charge on any atom is 0.338 e. The first-order valence-corrected chi connectivity index (χ1v) is 5.77. The lowest BCUT2D eigenvalue weighted by Gasteiger charge is -2.18. The maximum absolute atomic E-state index is 12.0. The van der Waals surface area contributed by atoms with E-state index in [9.17, 15) is 19.2 Å². The highest BCUT2D eigenvalue weighted by Crippen LogP contribution is 2.27. The van der Waals surface area contributed by atoms with Gasteiger partial charge in [0.1, 0.15) is 0 Å². The lowest BCUT2D eigenvalue weighted by molar-refractivity contribution is -0.154. The third-order valence-corrected chi connectivity index (χ3v) is 3.10. The van der Waals surface area contributed by atoms with E-state index in [1.165, 1.54) is 18.2 Å². The number of carbonyl (C=O) groups excluding carboxylic acids is 2. The fourth-order valence-corrected chi connectivity index (χ4v) is 2.15. The van der Waals surface area contributed by atoms with Crippen LogP contribution in [0.2, 0.25) is 0 Å². The van der Waals surface area contributed by atoms with Gasteiger partial charge in [-0.2, -0.15) is 0 Å². The molecule has 0 aliphatic carbocycles. The van der Waals surface area contributed by atoms with Gasteiger partial charge in [0, 0.05) is 4.47 Å². The molecule has 1 aliphatic heterocycles. The Hall–Kier alpha value is -2.22. The Morgan fingerprint density at radius 3 is 2.11 bits per heavy atom. The standard InChI is InChI=1S/C11H6BrNO6/c12-4-1-2-5-6(3-4)9(15)13(8(5)14)7(10(16)17)11(18)19/h1-3,7H,(H,16,17)(H,18,19). The highest BCUT2D eigenvalue weighted by Gasteiger charge is 2.46. The Bertz CT molecular complexity index is 612. The van der Waals surface area contributed by atoms with Crippen LogP contribution in [0.15, 0.2) is 22.7 Å². The van der Waals surface area contributed by atoms with Gasteiger partial charge in [-0.25, -0.2) is 14.5 Å². The van der Waals surface area contributed by atoms with Gasteiger partial charge < -0.3 is 10.2 Å². The van der Waals surface area contributed by atoms with Crippen LogP contribution in [0.4, 0.5) is 0 Å². The van der Waals surface area contributed by atoms with E-state index in [0.717, 1.165) is 0 Å². The summed E-state index contributed by atoms with van der Waals surface area (Å²) in [6.07, 6.45) is 0. The number of carbonyl (C=O) groups is 4. The lowest BCUT2D eigenvalue weighted by atomic mass is 10.1. The zero-order valence-corrected chi connectivity index (χ0v) is 10.7. The van der Waals surface area contributed by atoms with E-state index in [1.807, 2.05) is 0 Å². The summed E-state index contributed by atoms with van der Waals surface area (Å²) in [5, 5.41) is 17.7. The molecule has 1 aromatic carbocycles. The summed E-state index contributed by atoms with van der Waals surface area (Å²) in [4.78, 5) is 45.9. The molecule has 0 saturated heterocycles. The quantitative estimate of drug-likeness (QED) is 0.620. The van der Waals surface area contributed by atoms with Crippen molar-refractivity contribution in [3.05, 3.63) is 33.8 Å². The van der Waals surface area contributed by atoms with E-state index in [2.05, 4.69) is 15.9 Å². The van der Waals surface area contributed by atoms with Gasteiger partial charge in [0.15, 0.2) is 0 Å². The molecule has 0 aromatic heterocycles. The molecule has 0 bridgehead atoms. The SMILES string of the molecule is O=C(O)C(C(=O)O)N1C(=O)c2ccc(Br)cc2C1=O. The minimum atomic E-state index is -2.23. The topological polar surface area (TPSA) is 112 Å². The Morgan fingerprint density at radius 1 is 1.05 bits per heavy atom. The van der Waals surface area contributed by atoms with Gasteiger partial charge in [-0.3, -0.25) is 9.59 Å². The maximum atomic E-state index is 12.0. The minimum Gasteiger partial charge on any atom is -0.479 e. The van der Waals surface area contributed by atoms with Crippen molar-refractivity contribution in [1.82, 2.24) is 4.90 Å². The van der Waals surface area contributed by atoms with Gasteiger partial charge >= 0.3 is 11.9 Å². The van der Waals surface area contributed by atoms with E-state index in [1.54, 1.807) is 0 Å². The predicted molar refractivity (Wildman–Crippen MR) is 63.7 cm³/mol. The zero-order valence-electron chi connectivity index (χ0n) is 9.16. The largest absolute Gasteiger partial charge is 0.479 e. The molecule has 2 amide bonds. The Balaban J connectivity index is 2.53. The smallest absolute Gasteiger partial charge is 0.338 e. The summed E-state index contributed by atoms with van der Waals surface area (Å²) in [6.45, 7) is 0. The number of aliphatic carboxylic acids is 2. The van der Waals surface area contributed by atoms with Crippen LogP contribution in [-0.2, 0) is 9.59 Å². The summed E-state index contributed by atoms with van der Waals surface area (Å²) in [5.74, 6) is -5.42. The van der Waals surface area contributed by atoms with Gasteiger partial charge in [-0.05, 0) is 18.2 Å². The van der Waals surface area contributed by atoms with Crippen molar-refractivity contribution in [3.63, 3.8) is 0 Å². The normalized spacial score (nSPS) is 13.9. The van der Waals surface area contributed by atoms with Crippen LogP contribution in [0.5, 0.6) is 0 Å². The highest BCUT2D eigenvalue weighted by molar-refractivity contribution is 9.10. The van der Waals surface area contributed by atoms with Crippen molar-refractivity contribution in [2.45, 2.75) is 6.04 Å². The van der Waals surface area contributed by atoms with Crippen LogP contribution in [0.1, 0.15) is 20.7 Å². The molecule has 7 nitrogen and oxygen atoms in total. The zero-order chi connectivity index (χ0) is 14.3. The van der Waals surface area contributed by atoms with Crippen LogP contribution >= 0.6 is 15.9 Å². The van der Waals surface area contributed by atoms with Gasteiger partial charge in [-0.1, -0.05) is 15.9 Å². The van der Waals surface area contributed by atoms with Crippen LogP contribution in [-0.4, -0.2) is 44.9 Å². The van der Waals surface area contributed by atoms with Crippen LogP contribution < -0.4 is 0 Å². The number of benzene rings is 1. The molecular weight excluding hydrogens is 322 g/mol. The number of hydrogen-bond donors (Lipinski definition) is 2. The number of fused-ring (bicyclic) bond motifs is 1. The third kappa shape index (κ3) is 1.99.